The topological polar surface area (TPSA) is 41.6 Å². The number of nitrogens with one attached hydrogen (secondary N) is 1. The SMILES string of the molecule is C=CC(=O)NC1CCN(c2cc(Cl)ccc2OC)C1. The Morgan fingerprint density at radius 1 is 1.63 bits per heavy atom. The average Bonchev–Trinajstić information content (AvgIpc) is 2.86. The lowest BCUT2D eigenvalue weighted by Crippen LogP contribution is -2.36. The van der Waals surface area contributed by atoms with E-state index in [0.29, 0.717) is 5.02 Å². The highest BCUT2D eigenvalue weighted by Crippen LogP contribution is 2.33. The van der Waals surface area contributed by atoms with Gasteiger partial charge in [-0.05, 0) is 30.7 Å². The van der Waals surface area contributed by atoms with Crippen LogP contribution in [0.1, 0.15) is 6.42 Å². The van der Waals surface area contributed by atoms with Crippen molar-refractivity contribution >= 4 is 23.2 Å². The number of amides is 1. The van der Waals surface area contributed by atoms with Crippen molar-refractivity contribution in [2.45, 2.75) is 12.5 Å². The molecule has 4 nitrogen and oxygen atoms in total. The van der Waals surface area contributed by atoms with E-state index in [9.17, 15) is 4.79 Å². The lowest BCUT2D eigenvalue weighted by atomic mass is 10.2. The van der Waals surface area contributed by atoms with E-state index in [4.69, 9.17) is 16.3 Å². The Morgan fingerprint density at radius 3 is 3.11 bits per heavy atom. The average molecular weight is 281 g/mol. The summed E-state index contributed by atoms with van der Waals surface area (Å²) in [6.07, 6.45) is 2.19. The van der Waals surface area contributed by atoms with Crippen molar-refractivity contribution < 1.29 is 9.53 Å². The van der Waals surface area contributed by atoms with Gasteiger partial charge >= 0.3 is 0 Å². The Labute approximate surface area is 118 Å². The Bertz CT molecular complexity index is 490. The highest BCUT2D eigenvalue weighted by molar-refractivity contribution is 6.30. The van der Waals surface area contributed by atoms with E-state index >= 15 is 0 Å². The number of anilines is 1. The number of methoxy groups -OCH3 is 1. The van der Waals surface area contributed by atoms with E-state index in [0.717, 1.165) is 30.9 Å². The highest BCUT2D eigenvalue weighted by Gasteiger charge is 2.25. The summed E-state index contributed by atoms with van der Waals surface area (Å²) >= 11 is 6.03. The van der Waals surface area contributed by atoms with Crippen molar-refractivity contribution in [2.75, 3.05) is 25.1 Å². The van der Waals surface area contributed by atoms with Crippen LogP contribution in [0.3, 0.4) is 0 Å². The van der Waals surface area contributed by atoms with Crippen LogP contribution < -0.4 is 15.0 Å². The molecule has 1 atom stereocenters. The molecular weight excluding hydrogens is 264 g/mol. The first-order valence-corrected chi connectivity index (χ1v) is 6.53. The molecule has 1 amide bonds. The molecule has 1 saturated heterocycles. The van der Waals surface area contributed by atoms with Gasteiger partial charge in [-0.25, -0.2) is 0 Å². The van der Waals surface area contributed by atoms with Gasteiger partial charge in [-0.1, -0.05) is 18.2 Å². The van der Waals surface area contributed by atoms with Crippen molar-refractivity contribution in [3.05, 3.63) is 35.9 Å². The van der Waals surface area contributed by atoms with Crippen LogP contribution in [0, 0.1) is 0 Å². The molecule has 1 aliphatic rings. The van der Waals surface area contributed by atoms with Crippen molar-refractivity contribution in [1.29, 1.82) is 0 Å². The predicted molar refractivity (Wildman–Crippen MR) is 77.0 cm³/mol. The molecule has 0 bridgehead atoms. The van der Waals surface area contributed by atoms with Crippen molar-refractivity contribution in [1.82, 2.24) is 5.32 Å². The summed E-state index contributed by atoms with van der Waals surface area (Å²) in [7, 11) is 1.64. The molecule has 0 radical (unpaired) electrons. The Balaban J connectivity index is 2.10. The standard InChI is InChI=1S/C14H17ClN2O2/c1-3-14(18)16-11-6-7-17(9-11)12-8-10(15)4-5-13(12)19-2/h3-5,8,11H,1,6-7,9H2,2H3,(H,16,18). The van der Waals surface area contributed by atoms with Gasteiger partial charge in [0.15, 0.2) is 0 Å². The van der Waals surface area contributed by atoms with Gasteiger partial charge in [-0.3, -0.25) is 4.79 Å². The number of ether oxygens (including phenoxy) is 1. The first kappa shape index (κ1) is 13.7. The van der Waals surface area contributed by atoms with Gasteiger partial charge < -0.3 is 15.0 Å². The monoisotopic (exact) mass is 280 g/mol. The summed E-state index contributed by atoms with van der Waals surface area (Å²) in [6.45, 7) is 5.06. The largest absolute Gasteiger partial charge is 0.495 e. The fraction of sp³-hybridized carbons (Fsp3) is 0.357. The second-order valence-corrected chi connectivity index (χ2v) is 4.90. The Hall–Kier alpha value is -1.68. The summed E-state index contributed by atoms with van der Waals surface area (Å²) < 4.78 is 5.35. The van der Waals surface area contributed by atoms with Crippen LogP contribution in [0.15, 0.2) is 30.9 Å². The highest BCUT2D eigenvalue weighted by atomic mass is 35.5. The van der Waals surface area contributed by atoms with Gasteiger partial charge in [0.25, 0.3) is 0 Å². The van der Waals surface area contributed by atoms with Crippen LogP contribution >= 0.6 is 11.6 Å². The van der Waals surface area contributed by atoms with Gasteiger partial charge in [0.2, 0.25) is 5.91 Å². The maximum Gasteiger partial charge on any atom is 0.243 e. The number of benzene rings is 1. The molecule has 1 heterocycles. The summed E-state index contributed by atoms with van der Waals surface area (Å²) in [5, 5.41) is 3.58. The normalized spacial score (nSPS) is 18.2. The molecule has 19 heavy (non-hydrogen) atoms. The molecule has 102 valence electrons. The minimum Gasteiger partial charge on any atom is -0.495 e. The van der Waals surface area contributed by atoms with Gasteiger partial charge in [0.1, 0.15) is 5.75 Å². The number of hydrogen-bond donors (Lipinski definition) is 1. The molecule has 1 unspecified atom stereocenters. The summed E-state index contributed by atoms with van der Waals surface area (Å²) in [4.78, 5) is 13.5. The fourth-order valence-corrected chi connectivity index (χ4v) is 2.43. The lowest BCUT2D eigenvalue weighted by molar-refractivity contribution is -0.117. The predicted octanol–water partition coefficient (Wildman–Crippen LogP) is 2.23. The number of halogens is 1. The molecule has 1 aromatic rings. The van der Waals surface area contributed by atoms with Gasteiger partial charge in [-0.15, -0.1) is 0 Å². The van der Waals surface area contributed by atoms with Crippen molar-refractivity contribution in [2.24, 2.45) is 0 Å². The number of nitrogens with zero attached hydrogens (tertiary/aromatic N) is 1. The van der Waals surface area contributed by atoms with E-state index in [1.165, 1.54) is 6.08 Å². The van der Waals surface area contributed by atoms with E-state index < -0.39 is 0 Å². The molecule has 1 aromatic carbocycles. The second-order valence-electron chi connectivity index (χ2n) is 4.46. The van der Waals surface area contributed by atoms with Crippen LogP contribution in [-0.4, -0.2) is 32.1 Å². The zero-order valence-corrected chi connectivity index (χ0v) is 11.6. The molecule has 1 aliphatic heterocycles. The zero-order chi connectivity index (χ0) is 13.8. The van der Waals surface area contributed by atoms with E-state index in [-0.39, 0.29) is 11.9 Å². The van der Waals surface area contributed by atoms with Crippen molar-refractivity contribution in [3.8, 4) is 5.75 Å². The van der Waals surface area contributed by atoms with Crippen LogP contribution in [-0.2, 0) is 4.79 Å². The van der Waals surface area contributed by atoms with Crippen LogP contribution in [0.2, 0.25) is 5.02 Å². The first-order chi connectivity index (χ1) is 9.13. The molecule has 5 heteroatoms. The first-order valence-electron chi connectivity index (χ1n) is 6.15. The lowest BCUT2D eigenvalue weighted by Gasteiger charge is -2.21. The molecule has 2 rings (SSSR count). The molecule has 0 aliphatic carbocycles. The maximum absolute atomic E-state index is 11.3. The summed E-state index contributed by atoms with van der Waals surface area (Å²) in [5.74, 6) is 0.657. The number of carbonyl (C=O) groups excluding carboxylic acids is 1. The quantitative estimate of drug-likeness (QED) is 0.860. The van der Waals surface area contributed by atoms with E-state index in [1.54, 1.807) is 13.2 Å². The van der Waals surface area contributed by atoms with Crippen LogP contribution in [0.25, 0.3) is 0 Å². The molecule has 0 saturated carbocycles. The Morgan fingerprint density at radius 2 is 2.42 bits per heavy atom. The minimum absolute atomic E-state index is 0.134. The van der Waals surface area contributed by atoms with Crippen LogP contribution in [0.4, 0.5) is 5.69 Å². The third-order valence-corrected chi connectivity index (χ3v) is 3.44. The van der Waals surface area contributed by atoms with Gasteiger partial charge in [-0.2, -0.15) is 0 Å². The van der Waals surface area contributed by atoms with Gasteiger partial charge in [0, 0.05) is 24.2 Å². The van der Waals surface area contributed by atoms with E-state index in [1.807, 2.05) is 12.1 Å². The minimum atomic E-state index is -0.134. The third kappa shape index (κ3) is 3.20. The van der Waals surface area contributed by atoms with Gasteiger partial charge in [0.05, 0.1) is 12.8 Å². The second kappa shape index (κ2) is 5.97. The number of hydrogen-bond acceptors (Lipinski definition) is 3. The summed E-state index contributed by atoms with van der Waals surface area (Å²) in [5.41, 5.74) is 0.963. The molecule has 1 fully saturated rings. The summed E-state index contributed by atoms with van der Waals surface area (Å²) in [6, 6.07) is 5.68. The molecule has 0 aromatic heterocycles. The van der Waals surface area contributed by atoms with E-state index in [2.05, 4.69) is 16.8 Å². The zero-order valence-electron chi connectivity index (χ0n) is 10.9. The molecular formula is C14H17ClN2O2. The fourth-order valence-electron chi connectivity index (χ4n) is 2.27. The maximum atomic E-state index is 11.3. The van der Waals surface area contributed by atoms with Crippen molar-refractivity contribution in [3.63, 3.8) is 0 Å². The number of carbonyl (C=O) groups is 1. The van der Waals surface area contributed by atoms with Crippen LogP contribution in [0.5, 0.6) is 5.75 Å². The molecule has 0 spiro atoms. The smallest absolute Gasteiger partial charge is 0.243 e. The molecule has 1 N–H and O–H groups in total. The Kier molecular flexibility index (Phi) is 4.32. The third-order valence-electron chi connectivity index (χ3n) is 3.20. The number of rotatable bonds is 4.